The Kier molecular flexibility index (Phi) is 4.42. The number of aromatic nitrogens is 1. The molecule has 104 valence electrons. The molecule has 0 atom stereocenters. The predicted octanol–water partition coefficient (Wildman–Crippen LogP) is 3.43. The molecule has 0 aliphatic heterocycles. The Morgan fingerprint density at radius 3 is 2.80 bits per heavy atom. The third-order valence-electron chi connectivity index (χ3n) is 2.82. The van der Waals surface area contributed by atoms with E-state index in [1.165, 1.54) is 0 Å². The van der Waals surface area contributed by atoms with Crippen LogP contribution in [0.1, 0.15) is 11.1 Å². The Hall–Kier alpha value is -1.85. The molecule has 0 aliphatic carbocycles. The first-order valence-corrected chi connectivity index (χ1v) is 6.67. The summed E-state index contributed by atoms with van der Waals surface area (Å²) in [7, 11) is 1.57. The Morgan fingerprint density at radius 2 is 2.15 bits per heavy atom. The molecule has 4 nitrogen and oxygen atoms in total. The quantitative estimate of drug-likeness (QED) is 0.847. The van der Waals surface area contributed by atoms with Crippen LogP contribution >= 0.6 is 23.8 Å². The van der Waals surface area contributed by atoms with Gasteiger partial charge in [-0.2, -0.15) is 0 Å². The maximum atomic E-state index is 6.00. The lowest BCUT2D eigenvalue weighted by molar-refractivity contribution is 0.415. The molecule has 1 aromatic carbocycles. The summed E-state index contributed by atoms with van der Waals surface area (Å²) in [6.45, 7) is 1.93. The van der Waals surface area contributed by atoms with Crippen molar-refractivity contribution < 1.29 is 4.74 Å². The van der Waals surface area contributed by atoms with Crippen LogP contribution in [0.3, 0.4) is 0 Å². The van der Waals surface area contributed by atoms with Gasteiger partial charge in [0.15, 0.2) is 0 Å². The van der Waals surface area contributed by atoms with Gasteiger partial charge in [0, 0.05) is 18.0 Å². The second kappa shape index (κ2) is 6.07. The van der Waals surface area contributed by atoms with Gasteiger partial charge in [-0.05, 0) is 30.7 Å². The van der Waals surface area contributed by atoms with E-state index in [0.717, 1.165) is 16.8 Å². The fourth-order valence-electron chi connectivity index (χ4n) is 1.84. The molecule has 2 aromatic rings. The number of nitrogens with zero attached hydrogens (tertiary/aromatic N) is 1. The molecule has 1 aromatic heterocycles. The maximum Gasteiger partial charge on any atom is 0.140 e. The van der Waals surface area contributed by atoms with Gasteiger partial charge in [-0.15, -0.1) is 0 Å². The molecule has 0 fully saturated rings. The number of halogens is 1. The van der Waals surface area contributed by atoms with Crippen molar-refractivity contribution in [3.63, 3.8) is 0 Å². The van der Waals surface area contributed by atoms with Gasteiger partial charge in [0.1, 0.15) is 16.6 Å². The minimum Gasteiger partial charge on any atom is -0.495 e. The van der Waals surface area contributed by atoms with Crippen molar-refractivity contribution in [2.45, 2.75) is 6.92 Å². The number of aryl methyl sites for hydroxylation is 1. The van der Waals surface area contributed by atoms with Gasteiger partial charge in [0.25, 0.3) is 0 Å². The molecule has 20 heavy (non-hydrogen) atoms. The molecular formula is C14H14ClN3OS. The molecule has 0 bridgehead atoms. The number of nitrogens with one attached hydrogen (secondary N) is 1. The van der Waals surface area contributed by atoms with E-state index in [9.17, 15) is 0 Å². The number of thiocarbonyl (C=S) groups is 1. The van der Waals surface area contributed by atoms with Crippen LogP contribution in [-0.2, 0) is 0 Å². The third-order valence-corrected chi connectivity index (χ3v) is 3.34. The molecule has 1 heterocycles. The SMILES string of the molecule is COc1cc(Nc2nccc(C)c2C(N)=S)ccc1Cl. The molecule has 0 aliphatic rings. The van der Waals surface area contributed by atoms with E-state index in [0.29, 0.717) is 21.6 Å². The molecule has 3 N–H and O–H groups in total. The highest BCUT2D eigenvalue weighted by Crippen LogP contribution is 2.29. The number of rotatable bonds is 4. The highest BCUT2D eigenvalue weighted by Gasteiger charge is 2.11. The van der Waals surface area contributed by atoms with Gasteiger partial charge in [0.05, 0.1) is 17.7 Å². The molecule has 0 radical (unpaired) electrons. The minimum absolute atomic E-state index is 0.305. The lowest BCUT2D eigenvalue weighted by Gasteiger charge is -2.13. The summed E-state index contributed by atoms with van der Waals surface area (Å²) in [5, 5.41) is 3.73. The topological polar surface area (TPSA) is 60.2 Å². The van der Waals surface area contributed by atoms with E-state index in [1.54, 1.807) is 25.4 Å². The summed E-state index contributed by atoms with van der Waals surface area (Å²) in [5.41, 5.74) is 8.25. The summed E-state index contributed by atoms with van der Waals surface area (Å²) in [5.74, 6) is 1.20. The van der Waals surface area contributed by atoms with Crippen LogP contribution in [0.5, 0.6) is 5.75 Å². The predicted molar refractivity (Wildman–Crippen MR) is 86.1 cm³/mol. The van der Waals surface area contributed by atoms with Gasteiger partial charge in [-0.3, -0.25) is 0 Å². The zero-order chi connectivity index (χ0) is 14.7. The molecule has 6 heteroatoms. The highest BCUT2D eigenvalue weighted by molar-refractivity contribution is 7.80. The number of methoxy groups -OCH3 is 1. The Morgan fingerprint density at radius 1 is 1.40 bits per heavy atom. The first-order valence-electron chi connectivity index (χ1n) is 5.89. The van der Waals surface area contributed by atoms with E-state index in [4.69, 9.17) is 34.3 Å². The smallest absolute Gasteiger partial charge is 0.140 e. The van der Waals surface area contributed by atoms with E-state index < -0.39 is 0 Å². The molecule has 0 saturated carbocycles. The lowest BCUT2D eigenvalue weighted by Crippen LogP contribution is -2.14. The molecule has 0 unspecified atom stereocenters. The van der Waals surface area contributed by atoms with Crippen molar-refractivity contribution in [3.05, 3.63) is 46.6 Å². The van der Waals surface area contributed by atoms with E-state index in [1.807, 2.05) is 19.1 Å². The van der Waals surface area contributed by atoms with Gasteiger partial charge in [-0.25, -0.2) is 4.98 Å². The molecule has 0 spiro atoms. The number of anilines is 2. The zero-order valence-corrected chi connectivity index (χ0v) is 12.7. The first kappa shape index (κ1) is 14.6. The standard InChI is InChI=1S/C14H14ClN3OS/c1-8-5-6-17-14(12(8)13(16)20)18-9-3-4-10(15)11(7-9)19-2/h3-7H,1-2H3,(H2,16,20)(H,17,18). The molecular weight excluding hydrogens is 294 g/mol. The number of pyridine rings is 1. The van der Waals surface area contributed by atoms with Crippen LogP contribution in [0.15, 0.2) is 30.5 Å². The molecule has 0 saturated heterocycles. The summed E-state index contributed by atoms with van der Waals surface area (Å²) >= 11 is 11.1. The normalized spacial score (nSPS) is 10.2. The van der Waals surface area contributed by atoms with Crippen LogP contribution in [0.25, 0.3) is 0 Å². The third kappa shape index (κ3) is 3.00. The Labute approximate surface area is 127 Å². The van der Waals surface area contributed by atoms with Crippen LogP contribution in [-0.4, -0.2) is 17.1 Å². The van der Waals surface area contributed by atoms with E-state index in [2.05, 4.69) is 10.3 Å². The monoisotopic (exact) mass is 307 g/mol. The number of hydrogen-bond acceptors (Lipinski definition) is 4. The van der Waals surface area contributed by atoms with Crippen molar-refractivity contribution >= 4 is 40.3 Å². The van der Waals surface area contributed by atoms with Crippen molar-refractivity contribution in [2.24, 2.45) is 5.73 Å². The average Bonchev–Trinajstić information content (AvgIpc) is 2.40. The fourth-order valence-corrected chi connectivity index (χ4v) is 2.29. The van der Waals surface area contributed by atoms with E-state index in [-0.39, 0.29) is 0 Å². The van der Waals surface area contributed by atoms with Gasteiger partial charge >= 0.3 is 0 Å². The zero-order valence-electron chi connectivity index (χ0n) is 11.1. The lowest BCUT2D eigenvalue weighted by atomic mass is 10.1. The number of benzene rings is 1. The number of nitrogens with two attached hydrogens (primary N) is 1. The summed E-state index contributed by atoms with van der Waals surface area (Å²) in [4.78, 5) is 4.59. The van der Waals surface area contributed by atoms with Crippen LogP contribution in [0.4, 0.5) is 11.5 Å². The highest BCUT2D eigenvalue weighted by atomic mass is 35.5. The number of hydrogen-bond donors (Lipinski definition) is 2. The summed E-state index contributed by atoms with van der Waals surface area (Å²) < 4.78 is 5.18. The van der Waals surface area contributed by atoms with Crippen molar-refractivity contribution in [2.75, 3.05) is 12.4 Å². The van der Waals surface area contributed by atoms with Crippen LogP contribution < -0.4 is 15.8 Å². The van der Waals surface area contributed by atoms with Crippen LogP contribution in [0.2, 0.25) is 5.02 Å². The molecule has 2 rings (SSSR count). The second-order valence-corrected chi connectivity index (χ2v) is 5.04. The van der Waals surface area contributed by atoms with Crippen molar-refractivity contribution in [1.82, 2.24) is 4.98 Å². The minimum atomic E-state index is 0.305. The Balaban J connectivity index is 2.40. The van der Waals surface area contributed by atoms with Crippen molar-refractivity contribution in [1.29, 1.82) is 0 Å². The summed E-state index contributed by atoms with van der Waals surface area (Å²) in [6.07, 6.45) is 1.70. The average molecular weight is 308 g/mol. The van der Waals surface area contributed by atoms with Gasteiger partial charge < -0.3 is 15.8 Å². The Bertz CT molecular complexity index is 661. The van der Waals surface area contributed by atoms with Crippen molar-refractivity contribution in [3.8, 4) is 5.75 Å². The molecule has 0 amide bonds. The van der Waals surface area contributed by atoms with Gasteiger partial charge in [-0.1, -0.05) is 23.8 Å². The summed E-state index contributed by atoms with van der Waals surface area (Å²) in [6, 6.07) is 7.23. The maximum absolute atomic E-state index is 6.00. The van der Waals surface area contributed by atoms with E-state index >= 15 is 0 Å². The van der Waals surface area contributed by atoms with Gasteiger partial charge in [0.2, 0.25) is 0 Å². The number of ether oxygens (including phenoxy) is 1. The largest absolute Gasteiger partial charge is 0.495 e. The fraction of sp³-hybridized carbons (Fsp3) is 0.143. The van der Waals surface area contributed by atoms with Crippen LogP contribution in [0, 0.1) is 6.92 Å². The first-order chi connectivity index (χ1) is 9.52. The second-order valence-electron chi connectivity index (χ2n) is 4.19.